The van der Waals surface area contributed by atoms with Crippen molar-refractivity contribution in [2.24, 2.45) is 0 Å². The van der Waals surface area contributed by atoms with Crippen molar-refractivity contribution in [1.29, 1.82) is 0 Å². The van der Waals surface area contributed by atoms with Gasteiger partial charge in [-0.05, 0) is 25.4 Å². The Labute approximate surface area is 114 Å². The van der Waals surface area contributed by atoms with Gasteiger partial charge in [0.1, 0.15) is 0 Å². The van der Waals surface area contributed by atoms with Crippen molar-refractivity contribution in [3.05, 3.63) is 38.3 Å². The lowest BCUT2D eigenvalue weighted by Crippen LogP contribution is -2.21. The highest BCUT2D eigenvalue weighted by atomic mass is 35.5. The molecule has 0 aromatic carbocycles. The molecule has 0 aliphatic heterocycles. The zero-order valence-corrected chi connectivity index (χ0v) is 11.9. The van der Waals surface area contributed by atoms with E-state index >= 15 is 0 Å². The standard InChI is InChI=1S/C11H13Cl2N3S/c1-3-16-10(8(13)6-15-16)9(14-2)11-7(12)4-5-17-11/h4-6,9,14H,3H2,1-2H3. The van der Waals surface area contributed by atoms with E-state index in [1.54, 1.807) is 17.5 Å². The van der Waals surface area contributed by atoms with E-state index < -0.39 is 0 Å². The maximum Gasteiger partial charge on any atom is 0.0869 e. The zero-order chi connectivity index (χ0) is 12.4. The Morgan fingerprint density at radius 2 is 2.24 bits per heavy atom. The molecule has 1 unspecified atom stereocenters. The molecule has 0 amide bonds. The smallest absolute Gasteiger partial charge is 0.0869 e. The number of hydrogen-bond donors (Lipinski definition) is 1. The van der Waals surface area contributed by atoms with Crippen LogP contribution >= 0.6 is 34.5 Å². The normalized spacial score (nSPS) is 12.9. The topological polar surface area (TPSA) is 29.9 Å². The summed E-state index contributed by atoms with van der Waals surface area (Å²) in [4.78, 5) is 1.06. The number of nitrogens with one attached hydrogen (secondary N) is 1. The first kappa shape index (κ1) is 12.9. The average molecular weight is 290 g/mol. The molecule has 0 aliphatic rings. The molecule has 0 fully saturated rings. The van der Waals surface area contributed by atoms with Gasteiger partial charge in [-0.15, -0.1) is 11.3 Å². The summed E-state index contributed by atoms with van der Waals surface area (Å²) in [5.74, 6) is 0. The summed E-state index contributed by atoms with van der Waals surface area (Å²) in [6.07, 6.45) is 1.67. The average Bonchev–Trinajstić information content (AvgIpc) is 2.89. The first-order valence-corrected chi connectivity index (χ1v) is 6.94. The van der Waals surface area contributed by atoms with Crippen molar-refractivity contribution in [3.8, 4) is 0 Å². The number of aryl methyl sites for hydroxylation is 1. The number of aromatic nitrogens is 2. The fraction of sp³-hybridized carbons (Fsp3) is 0.364. The van der Waals surface area contributed by atoms with E-state index in [0.29, 0.717) is 5.02 Å². The number of nitrogens with zero attached hydrogens (tertiary/aromatic N) is 2. The minimum absolute atomic E-state index is 0.0163. The first-order chi connectivity index (χ1) is 8.19. The van der Waals surface area contributed by atoms with Crippen LogP contribution in [0.4, 0.5) is 0 Å². The third-order valence-corrected chi connectivity index (χ3v) is 4.32. The van der Waals surface area contributed by atoms with Gasteiger partial charge in [-0.1, -0.05) is 23.2 Å². The van der Waals surface area contributed by atoms with Gasteiger partial charge in [0, 0.05) is 11.4 Å². The summed E-state index contributed by atoms with van der Waals surface area (Å²) in [7, 11) is 1.89. The predicted molar refractivity (Wildman–Crippen MR) is 73.1 cm³/mol. The molecule has 0 radical (unpaired) electrons. The monoisotopic (exact) mass is 289 g/mol. The van der Waals surface area contributed by atoms with E-state index in [1.807, 2.05) is 30.1 Å². The fourth-order valence-corrected chi connectivity index (χ4v) is 3.34. The second-order valence-electron chi connectivity index (χ2n) is 3.55. The van der Waals surface area contributed by atoms with Crippen LogP contribution in [0.5, 0.6) is 0 Å². The SMILES string of the molecule is CCn1ncc(Cl)c1C(NC)c1sccc1Cl. The molecule has 1 N–H and O–H groups in total. The molecule has 1 atom stereocenters. The van der Waals surface area contributed by atoms with Gasteiger partial charge >= 0.3 is 0 Å². The van der Waals surface area contributed by atoms with Gasteiger partial charge in [0.25, 0.3) is 0 Å². The lowest BCUT2D eigenvalue weighted by Gasteiger charge is -2.17. The minimum Gasteiger partial charge on any atom is -0.307 e. The fourth-order valence-electron chi connectivity index (χ4n) is 1.81. The number of thiophene rings is 1. The van der Waals surface area contributed by atoms with Gasteiger partial charge < -0.3 is 5.32 Å². The summed E-state index contributed by atoms with van der Waals surface area (Å²) >= 11 is 14.0. The molecule has 2 aromatic rings. The zero-order valence-electron chi connectivity index (χ0n) is 9.58. The molecule has 0 bridgehead atoms. The summed E-state index contributed by atoms with van der Waals surface area (Å²) in [6.45, 7) is 2.82. The van der Waals surface area contributed by atoms with Crippen LogP contribution in [0, 0.1) is 0 Å². The van der Waals surface area contributed by atoms with Gasteiger partial charge in [-0.3, -0.25) is 4.68 Å². The Bertz CT molecular complexity index is 507. The summed E-state index contributed by atoms with van der Waals surface area (Å²) < 4.78 is 1.89. The van der Waals surface area contributed by atoms with E-state index in [4.69, 9.17) is 23.2 Å². The van der Waals surface area contributed by atoms with Crippen molar-refractivity contribution in [2.45, 2.75) is 19.5 Å². The van der Waals surface area contributed by atoms with Crippen LogP contribution in [-0.2, 0) is 6.54 Å². The highest BCUT2D eigenvalue weighted by molar-refractivity contribution is 7.10. The van der Waals surface area contributed by atoms with Gasteiger partial charge in [0.05, 0.1) is 28.0 Å². The molecule has 2 aromatic heterocycles. The number of rotatable bonds is 4. The molecule has 2 rings (SSSR count). The van der Waals surface area contributed by atoms with Gasteiger partial charge in [0.2, 0.25) is 0 Å². The molecule has 0 saturated heterocycles. The molecule has 6 heteroatoms. The summed E-state index contributed by atoms with van der Waals surface area (Å²) in [5, 5.41) is 10.9. The van der Waals surface area contributed by atoms with Crippen molar-refractivity contribution < 1.29 is 0 Å². The molecular weight excluding hydrogens is 277 g/mol. The van der Waals surface area contributed by atoms with Crippen LogP contribution in [0.15, 0.2) is 17.6 Å². The second kappa shape index (κ2) is 5.40. The van der Waals surface area contributed by atoms with E-state index in [1.165, 1.54) is 0 Å². The van der Waals surface area contributed by atoms with E-state index in [2.05, 4.69) is 10.4 Å². The second-order valence-corrected chi connectivity index (χ2v) is 5.31. The highest BCUT2D eigenvalue weighted by Crippen LogP contribution is 2.35. The van der Waals surface area contributed by atoms with Gasteiger partial charge in [-0.25, -0.2) is 0 Å². The Hall–Kier alpha value is -0.550. The van der Waals surface area contributed by atoms with E-state index in [9.17, 15) is 0 Å². The van der Waals surface area contributed by atoms with Crippen molar-refractivity contribution >= 4 is 34.5 Å². The number of hydrogen-bond acceptors (Lipinski definition) is 3. The van der Waals surface area contributed by atoms with E-state index in [0.717, 1.165) is 22.1 Å². The van der Waals surface area contributed by atoms with Crippen LogP contribution in [0.1, 0.15) is 23.5 Å². The molecule has 0 spiro atoms. The van der Waals surface area contributed by atoms with Crippen LogP contribution in [-0.4, -0.2) is 16.8 Å². The predicted octanol–water partition coefficient (Wildman–Crippen LogP) is 3.58. The molecule has 92 valence electrons. The Morgan fingerprint density at radius 1 is 1.47 bits per heavy atom. The Morgan fingerprint density at radius 3 is 2.76 bits per heavy atom. The molecule has 17 heavy (non-hydrogen) atoms. The number of halogens is 2. The maximum atomic E-state index is 6.20. The largest absolute Gasteiger partial charge is 0.307 e. The molecular formula is C11H13Cl2N3S. The minimum atomic E-state index is -0.0163. The third-order valence-electron chi connectivity index (χ3n) is 2.60. The van der Waals surface area contributed by atoms with Crippen molar-refractivity contribution in [2.75, 3.05) is 7.05 Å². The quantitative estimate of drug-likeness (QED) is 0.932. The van der Waals surface area contributed by atoms with Crippen molar-refractivity contribution in [1.82, 2.24) is 15.1 Å². The lowest BCUT2D eigenvalue weighted by molar-refractivity contribution is 0.568. The summed E-state index contributed by atoms with van der Waals surface area (Å²) in [5.41, 5.74) is 0.959. The maximum absolute atomic E-state index is 6.20. The van der Waals surface area contributed by atoms with Crippen LogP contribution in [0.3, 0.4) is 0 Å². The summed E-state index contributed by atoms with van der Waals surface area (Å²) in [6, 6.07) is 1.88. The van der Waals surface area contributed by atoms with Crippen LogP contribution < -0.4 is 5.32 Å². The van der Waals surface area contributed by atoms with Crippen LogP contribution in [0.2, 0.25) is 10.0 Å². The first-order valence-electron chi connectivity index (χ1n) is 5.30. The van der Waals surface area contributed by atoms with Crippen LogP contribution in [0.25, 0.3) is 0 Å². The highest BCUT2D eigenvalue weighted by Gasteiger charge is 2.23. The molecule has 3 nitrogen and oxygen atoms in total. The van der Waals surface area contributed by atoms with Gasteiger partial charge in [0.15, 0.2) is 0 Å². The molecule has 2 heterocycles. The molecule has 0 aliphatic carbocycles. The Kier molecular flexibility index (Phi) is 4.09. The lowest BCUT2D eigenvalue weighted by atomic mass is 10.1. The van der Waals surface area contributed by atoms with Gasteiger partial charge in [-0.2, -0.15) is 5.10 Å². The third kappa shape index (κ3) is 2.36. The van der Waals surface area contributed by atoms with Crippen molar-refractivity contribution in [3.63, 3.8) is 0 Å². The molecule has 0 saturated carbocycles. The van der Waals surface area contributed by atoms with E-state index in [-0.39, 0.29) is 6.04 Å². The Balaban J connectivity index is 2.49.